The van der Waals surface area contributed by atoms with E-state index in [0.29, 0.717) is 11.1 Å². The van der Waals surface area contributed by atoms with E-state index in [1.165, 1.54) is 18.9 Å². The van der Waals surface area contributed by atoms with Crippen molar-refractivity contribution in [3.8, 4) is 0 Å². The number of carbonyl (C=O) groups is 2. The first-order chi connectivity index (χ1) is 10.2. The Balaban J connectivity index is 2.41. The van der Waals surface area contributed by atoms with Crippen LogP contribution >= 0.6 is 11.8 Å². The minimum absolute atomic E-state index is 0.395. The Kier molecular flexibility index (Phi) is 4.95. The second kappa shape index (κ2) is 6.90. The van der Waals surface area contributed by atoms with Crippen LogP contribution in [-0.4, -0.2) is 19.4 Å². The molecule has 4 heteroatoms. The summed E-state index contributed by atoms with van der Waals surface area (Å²) in [7, 11) is 1.35. The molecule has 0 N–H and O–H groups in total. The topological polar surface area (TPSA) is 43.4 Å². The average Bonchev–Trinajstić information content (AvgIpc) is 2.55. The molecule has 0 amide bonds. The van der Waals surface area contributed by atoms with Crippen molar-refractivity contribution >= 4 is 30.1 Å². The van der Waals surface area contributed by atoms with Crippen molar-refractivity contribution in [1.29, 1.82) is 0 Å². The molecule has 0 aromatic heterocycles. The highest BCUT2D eigenvalue weighted by atomic mass is 32.2. The van der Waals surface area contributed by atoms with E-state index in [9.17, 15) is 9.59 Å². The van der Waals surface area contributed by atoms with E-state index in [1.807, 2.05) is 24.3 Å². The molecule has 21 heavy (non-hydrogen) atoms. The predicted molar refractivity (Wildman–Crippen MR) is 83.8 cm³/mol. The van der Waals surface area contributed by atoms with Gasteiger partial charge in [-0.3, -0.25) is 4.79 Å². The fourth-order valence-electron chi connectivity index (χ4n) is 1.83. The summed E-state index contributed by atoms with van der Waals surface area (Å²) in [6, 6.07) is 12.6. The molecule has 0 saturated carbocycles. The summed E-state index contributed by atoms with van der Waals surface area (Å²) < 4.78 is 4.77. The van der Waals surface area contributed by atoms with Gasteiger partial charge >= 0.3 is 5.97 Å². The van der Waals surface area contributed by atoms with Gasteiger partial charge in [-0.05, 0) is 29.8 Å². The first-order valence-corrected chi connectivity index (χ1v) is 7.08. The van der Waals surface area contributed by atoms with E-state index < -0.39 is 5.97 Å². The van der Waals surface area contributed by atoms with Crippen LogP contribution < -0.4 is 0 Å². The molecule has 0 aliphatic carbocycles. The monoisotopic (exact) mass is 298 g/mol. The number of esters is 1. The van der Waals surface area contributed by atoms with Gasteiger partial charge in [0.25, 0.3) is 0 Å². The van der Waals surface area contributed by atoms with Gasteiger partial charge in [0.2, 0.25) is 0 Å². The zero-order valence-electron chi connectivity index (χ0n) is 11.5. The summed E-state index contributed by atoms with van der Waals surface area (Å²) in [5.41, 5.74) is 1.93. The summed E-state index contributed by atoms with van der Waals surface area (Å²) in [6.07, 6.45) is 2.49. The van der Waals surface area contributed by atoms with Crippen molar-refractivity contribution in [3.05, 3.63) is 65.7 Å². The number of hydrogen-bond donors (Lipinski definition) is 0. The molecule has 0 unspecified atom stereocenters. The molecule has 0 atom stereocenters. The zero-order valence-corrected chi connectivity index (χ0v) is 12.4. The molecule has 0 spiro atoms. The number of hydrogen-bond acceptors (Lipinski definition) is 4. The van der Waals surface area contributed by atoms with Crippen molar-refractivity contribution in [1.82, 2.24) is 0 Å². The summed E-state index contributed by atoms with van der Waals surface area (Å²) >= 11 is 1.36. The molecule has 3 nitrogen and oxygen atoms in total. The third-order valence-electron chi connectivity index (χ3n) is 2.91. The van der Waals surface area contributed by atoms with E-state index >= 15 is 0 Å². The van der Waals surface area contributed by atoms with Gasteiger partial charge < -0.3 is 4.74 Å². The molecular formula is C17H14O3S. The van der Waals surface area contributed by atoms with Crippen LogP contribution in [0.4, 0.5) is 0 Å². The van der Waals surface area contributed by atoms with Gasteiger partial charge in [0.1, 0.15) is 0 Å². The summed E-state index contributed by atoms with van der Waals surface area (Å²) in [6.45, 7) is 3.68. The molecular weight excluding hydrogens is 284 g/mol. The number of methoxy groups -OCH3 is 1. The minimum atomic E-state index is -0.395. The van der Waals surface area contributed by atoms with Gasteiger partial charge in [-0.15, -0.1) is 0 Å². The molecule has 0 radical (unpaired) electrons. The summed E-state index contributed by atoms with van der Waals surface area (Å²) in [4.78, 5) is 24.5. The zero-order chi connectivity index (χ0) is 15.2. The van der Waals surface area contributed by atoms with Gasteiger partial charge in [-0.2, -0.15) is 0 Å². The Morgan fingerprint density at radius 3 is 2.62 bits per heavy atom. The number of aldehydes is 1. The van der Waals surface area contributed by atoms with Crippen LogP contribution in [-0.2, 0) is 4.74 Å². The lowest BCUT2D eigenvalue weighted by Gasteiger charge is -2.09. The largest absolute Gasteiger partial charge is 0.465 e. The van der Waals surface area contributed by atoms with Gasteiger partial charge in [0.05, 0.1) is 12.7 Å². The second-order valence-corrected chi connectivity index (χ2v) is 5.29. The van der Waals surface area contributed by atoms with E-state index in [-0.39, 0.29) is 0 Å². The smallest absolute Gasteiger partial charge is 0.339 e. The lowest BCUT2D eigenvalue weighted by Crippen LogP contribution is -2.02. The predicted octanol–water partition coefficient (Wildman–Crippen LogP) is 4.08. The fraction of sp³-hybridized carbons (Fsp3) is 0.0588. The highest BCUT2D eigenvalue weighted by molar-refractivity contribution is 7.99. The Hall–Kier alpha value is -2.33. The van der Waals surface area contributed by atoms with Crippen LogP contribution in [0, 0.1) is 0 Å². The maximum atomic E-state index is 11.8. The number of rotatable bonds is 5. The van der Waals surface area contributed by atoms with Gasteiger partial charge in [-0.25, -0.2) is 4.79 Å². The van der Waals surface area contributed by atoms with Crippen LogP contribution in [0.5, 0.6) is 0 Å². The average molecular weight is 298 g/mol. The van der Waals surface area contributed by atoms with Crippen LogP contribution in [0.25, 0.3) is 6.08 Å². The maximum Gasteiger partial charge on any atom is 0.339 e. The fourth-order valence-corrected chi connectivity index (χ4v) is 2.84. The van der Waals surface area contributed by atoms with E-state index in [1.54, 1.807) is 24.3 Å². The Morgan fingerprint density at radius 2 is 1.95 bits per heavy atom. The lowest BCUT2D eigenvalue weighted by atomic mass is 10.1. The SMILES string of the molecule is C=Cc1ccc(Sc2ccccc2C(=O)OC)c(C=O)c1. The quantitative estimate of drug-likeness (QED) is 0.616. The summed E-state index contributed by atoms with van der Waals surface area (Å²) in [5.74, 6) is -0.395. The van der Waals surface area contributed by atoms with E-state index in [2.05, 4.69) is 6.58 Å². The van der Waals surface area contributed by atoms with Crippen LogP contribution in [0.3, 0.4) is 0 Å². The minimum Gasteiger partial charge on any atom is -0.465 e. The molecule has 2 aromatic rings. The maximum absolute atomic E-state index is 11.8. The standard InChI is InChI=1S/C17H14O3S/c1-3-12-8-9-15(13(10-12)11-18)21-16-7-5-4-6-14(16)17(19)20-2/h3-11H,1H2,2H3. The first kappa shape index (κ1) is 15.1. The van der Waals surface area contributed by atoms with Crippen molar-refractivity contribution in [3.63, 3.8) is 0 Å². The van der Waals surface area contributed by atoms with Crippen LogP contribution in [0.1, 0.15) is 26.3 Å². The molecule has 0 heterocycles. The lowest BCUT2D eigenvalue weighted by molar-refractivity contribution is 0.0596. The number of benzene rings is 2. The molecule has 0 aliphatic rings. The van der Waals surface area contributed by atoms with Gasteiger partial charge in [-0.1, -0.05) is 42.6 Å². The Labute approximate surface area is 127 Å². The first-order valence-electron chi connectivity index (χ1n) is 6.26. The highest BCUT2D eigenvalue weighted by Crippen LogP contribution is 2.33. The van der Waals surface area contributed by atoms with Crippen molar-refractivity contribution in [2.24, 2.45) is 0 Å². The van der Waals surface area contributed by atoms with Crippen LogP contribution in [0.15, 0.2) is 58.8 Å². The number of carbonyl (C=O) groups excluding carboxylic acids is 2. The third-order valence-corrected chi connectivity index (χ3v) is 4.08. The number of ether oxygens (including phenoxy) is 1. The Bertz CT molecular complexity index is 692. The second-order valence-electron chi connectivity index (χ2n) is 4.21. The molecule has 0 aliphatic heterocycles. The molecule has 0 fully saturated rings. The molecule has 2 aromatic carbocycles. The molecule has 106 valence electrons. The summed E-state index contributed by atoms with van der Waals surface area (Å²) in [5, 5.41) is 0. The van der Waals surface area contributed by atoms with Crippen LogP contribution in [0.2, 0.25) is 0 Å². The van der Waals surface area contributed by atoms with E-state index in [4.69, 9.17) is 4.74 Å². The highest BCUT2D eigenvalue weighted by Gasteiger charge is 2.13. The Morgan fingerprint density at radius 1 is 1.19 bits per heavy atom. The van der Waals surface area contributed by atoms with Crippen molar-refractivity contribution in [2.45, 2.75) is 9.79 Å². The van der Waals surface area contributed by atoms with Crippen molar-refractivity contribution < 1.29 is 14.3 Å². The van der Waals surface area contributed by atoms with Crippen molar-refractivity contribution in [2.75, 3.05) is 7.11 Å². The van der Waals surface area contributed by atoms with E-state index in [0.717, 1.165) is 21.6 Å². The van der Waals surface area contributed by atoms with Gasteiger partial charge in [0.15, 0.2) is 6.29 Å². The molecule has 2 rings (SSSR count). The van der Waals surface area contributed by atoms with Gasteiger partial charge in [0, 0.05) is 15.4 Å². The molecule has 0 saturated heterocycles. The molecule has 0 bridgehead atoms. The normalized spacial score (nSPS) is 9.95. The third kappa shape index (κ3) is 3.41.